The summed E-state index contributed by atoms with van der Waals surface area (Å²) < 4.78 is 4.62. The van der Waals surface area contributed by atoms with Gasteiger partial charge in [-0.3, -0.25) is 4.79 Å². The summed E-state index contributed by atoms with van der Waals surface area (Å²) in [5.74, 6) is -0.717. The van der Waals surface area contributed by atoms with Crippen molar-refractivity contribution in [1.29, 1.82) is 0 Å². The Bertz CT molecular complexity index is 760. The number of hydrogen-bond acceptors (Lipinski definition) is 4. The molecule has 24 heavy (non-hydrogen) atoms. The third kappa shape index (κ3) is 5.21. The molecule has 5 heteroatoms. The molecule has 0 saturated carbocycles. The number of aryl methyl sites for hydroxylation is 1. The van der Waals surface area contributed by atoms with Gasteiger partial charge in [0.1, 0.15) is 0 Å². The number of amides is 1. The molecule has 0 aliphatic carbocycles. The highest BCUT2D eigenvalue weighted by Crippen LogP contribution is 2.05. The van der Waals surface area contributed by atoms with E-state index < -0.39 is 5.97 Å². The van der Waals surface area contributed by atoms with Gasteiger partial charge in [-0.25, -0.2) is 10.2 Å². The highest BCUT2D eigenvalue weighted by atomic mass is 16.5. The van der Waals surface area contributed by atoms with Crippen molar-refractivity contribution in [2.45, 2.75) is 6.92 Å². The number of esters is 1. The molecule has 122 valence electrons. The molecule has 0 bridgehead atoms. The molecular weight excluding hydrogens is 304 g/mol. The lowest BCUT2D eigenvalue weighted by Crippen LogP contribution is -2.14. The van der Waals surface area contributed by atoms with Crippen LogP contribution >= 0.6 is 0 Å². The molecule has 0 spiro atoms. The largest absolute Gasteiger partial charge is 0.465 e. The van der Waals surface area contributed by atoms with Gasteiger partial charge in [0, 0.05) is 6.08 Å². The van der Waals surface area contributed by atoms with Crippen LogP contribution < -0.4 is 5.43 Å². The normalized spacial score (nSPS) is 10.9. The van der Waals surface area contributed by atoms with Gasteiger partial charge < -0.3 is 4.74 Å². The molecule has 1 N–H and O–H groups in total. The van der Waals surface area contributed by atoms with E-state index in [4.69, 9.17) is 0 Å². The molecule has 2 aromatic carbocycles. The standard InChI is InChI=1S/C19H18N2O3/c1-14-3-5-15(6-4-14)9-12-18(22)21-20-13-16-7-10-17(11-8-16)19(23)24-2/h3-13H,1-2H3,(H,21,22). The quantitative estimate of drug-likeness (QED) is 0.398. The predicted molar refractivity (Wildman–Crippen MR) is 93.7 cm³/mol. The summed E-state index contributed by atoms with van der Waals surface area (Å²) in [4.78, 5) is 23.0. The first-order chi connectivity index (χ1) is 11.6. The van der Waals surface area contributed by atoms with E-state index in [-0.39, 0.29) is 5.91 Å². The average Bonchev–Trinajstić information content (AvgIpc) is 2.61. The van der Waals surface area contributed by atoms with Crippen LogP contribution in [0.5, 0.6) is 0 Å². The second-order valence-corrected chi connectivity index (χ2v) is 5.09. The molecule has 2 aromatic rings. The summed E-state index contributed by atoms with van der Waals surface area (Å²) in [6.07, 6.45) is 4.64. The van der Waals surface area contributed by atoms with Crippen molar-refractivity contribution in [3.63, 3.8) is 0 Å². The molecule has 5 nitrogen and oxygen atoms in total. The summed E-state index contributed by atoms with van der Waals surface area (Å²) in [6, 6.07) is 14.5. The first-order valence-electron chi connectivity index (χ1n) is 7.34. The average molecular weight is 322 g/mol. The Morgan fingerprint density at radius 2 is 1.62 bits per heavy atom. The number of rotatable bonds is 5. The van der Waals surface area contributed by atoms with Crippen molar-refractivity contribution in [1.82, 2.24) is 5.43 Å². The van der Waals surface area contributed by atoms with Gasteiger partial charge in [-0.15, -0.1) is 0 Å². The van der Waals surface area contributed by atoms with Gasteiger partial charge in [0.25, 0.3) is 5.91 Å². The van der Waals surface area contributed by atoms with Crippen LogP contribution in [0.2, 0.25) is 0 Å². The number of benzene rings is 2. The molecule has 0 aromatic heterocycles. The number of hydrogen-bond donors (Lipinski definition) is 1. The maximum Gasteiger partial charge on any atom is 0.337 e. The van der Waals surface area contributed by atoms with Crippen LogP contribution in [0.4, 0.5) is 0 Å². The smallest absolute Gasteiger partial charge is 0.337 e. The lowest BCUT2D eigenvalue weighted by Gasteiger charge is -1.99. The van der Waals surface area contributed by atoms with E-state index in [1.807, 2.05) is 31.2 Å². The van der Waals surface area contributed by atoms with Gasteiger partial charge in [-0.2, -0.15) is 5.10 Å². The molecule has 0 saturated heterocycles. The lowest BCUT2D eigenvalue weighted by atomic mass is 10.1. The molecule has 0 aliphatic heterocycles. The maximum atomic E-state index is 11.7. The van der Waals surface area contributed by atoms with Crippen molar-refractivity contribution in [3.05, 3.63) is 76.9 Å². The van der Waals surface area contributed by atoms with Crippen LogP contribution in [0.25, 0.3) is 6.08 Å². The molecular formula is C19H18N2O3. The Balaban J connectivity index is 1.87. The topological polar surface area (TPSA) is 67.8 Å². The van der Waals surface area contributed by atoms with E-state index in [9.17, 15) is 9.59 Å². The second-order valence-electron chi connectivity index (χ2n) is 5.09. The minimum absolute atomic E-state index is 0.321. The SMILES string of the molecule is COC(=O)c1ccc(C=NNC(=O)C=Cc2ccc(C)cc2)cc1. The molecule has 0 fully saturated rings. The Kier molecular flexibility index (Phi) is 6.02. The van der Waals surface area contributed by atoms with Crippen molar-refractivity contribution >= 4 is 24.2 Å². The summed E-state index contributed by atoms with van der Waals surface area (Å²) in [6.45, 7) is 2.01. The number of carbonyl (C=O) groups excluding carboxylic acids is 2. The Morgan fingerprint density at radius 3 is 2.25 bits per heavy atom. The maximum absolute atomic E-state index is 11.7. The molecule has 0 unspecified atom stereocenters. The number of ether oxygens (including phenoxy) is 1. The van der Waals surface area contributed by atoms with E-state index in [1.165, 1.54) is 25.0 Å². The summed E-state index contributed by atoms with van der Waals surface area (Å²) in [5, 5.41) is 3.87. The van der Waals surface area contributed by atoms with Crippen molar-refractivity contribution < 1.29 is 14.3 Å². The van der Waals surface area contributed by atoms with Crippen LogP contribution in [0.3, 0.4) is 0 Å². The number of nitrogens with one attached hydrogen (secondary N) is 1. The Labute approximate surface area is 140 Å². The zero-order valence-electron chi connectivity index (χ0n) is 13.5. The van der Waals surface area contributed by atoms with E-state index >= 15 is 0 Å². The van der Waals surface area contributed by atoms with Gasteiger partial charge in [0.05, 0.1) is 18.9 Å². The van der Waals surface area contributed by atoms with Crippen molar-refractivity contribution in [2.75, 3.05) is 7.11 Å². The van der Waals surface area contributed by atoms with E-state index in [0.717, 1.165) is 11.1 Å². The van der Waals surface area contributed by atoms with E-state index in [1.54, 1.807) is 30.3 Å². The number of hydrazone groups is 1. The van der Waals surface area contributed by atoms with Crippen LogP contribution in [0, 0.1) is 6.92 Å². The zero-order chi connectivity index (χ0) is 17.4. The number of methoxy groups -OCH3 is 1. The zero-order valence-corrected chi connectivity index (χ0v) is 13.5. The van der Waals surface area contributed by atoms with E-state index in [2.05, 4.69) is 15.3 Å². The molecule has 0 heterocycles. The highest BCUT2D eigenvalue weighted by molar-refractivity contribution is 5.93. The Hall–Kier alpha value is -3.21. The van der Waals surface area contributed by atoms with Gasteiger partial charge in [-0.05, 0) is 36.3 Å². The third-order valence-electron chi connectivity index (χ3n) is 3.22. The summed E-state index contributed by atoms with van der Waals surface area (Å²) in [7, 11) is 1.33. The molecule has 0 aliphatic rings. The van der Waals surface area contributed by atoms with Gasteiger partial charge >= 0.3 is 5.97 Å². The Morgan fingerprint density at radius 1 is 1.00 bits per heavy atom. The minimum atomic E-state index is -0.395. The molecule has 0 atom stereocenters. The van der Waals surface area contributed by atoms with Crippen LogP contribution in [0.15, 0.2) is 59.7 Å². The lowest BCUT2D eigenvalue weighted by molar-refractivity contribution is -0.116. The van der Waals surface area contributed by atoms with Crippen LogP contribution in [-0.2, 0) is 9.53 Å². The minimum Gasteiger partial charge on any atom is -0.465 e. The fraction of sp³-hybridized carbons (Fsp3) is 0.105. The summed E-state index contributed by atoms with van der Waals surface area (Å²) in [5.41, 5.74) is 5.74. The van der Waals surface area contributed by atoms with Crippen LogP contribution in [-0.4, -0.2) is 25.2 Å². The van der Waals surface area contributed by atoms with E-state index in [0.29, 0.717) is 5.56 Å². The van der Waals surface area contributed by atoms with Gasteiger partial charge in [0.15, 0.2) is 0 Å². The highest BCUT2D eigenvalue weighted by Gasteiger charge is 2.03. The first-order valence-corrected chi connectivity index (χ1v) is 7.34. The number of nitrogens with zero attached hydrogens (tertiary/aromatic N) is 1. The third-order valence-corrected chi connectivity index (χ3v) is 3.22. The van der Waals surface area contributed by atoms with Crippen molar-refractivity contribution in [2.24, 2.45) is 5.10 Å². The monoisotopic (exact) mass is 322 g/mol. The fourth-order valence-electron chi connectivity index (χ4n) is 1.88. The predicted octanol–water partition coefficient (Wildman–Crippen LogP) is 2.95. The molecule has 2 rings (SSSR count). The van der Waals surface area contributed by atoms with Gasteiger partial charge in [-0.1, -0.05) is 42.0 Å². The second kappa shape index (κ2) is 8.43. The number of carbonyl (C=O) groups is 2. The molecule has 1 amide bonds. The first kappa shape index (κ1) is 17.1. The van der Waals surface area contributed by atoms with Crippen LogP contribution in [0.1, 0.15) is 27.0 Å². The molecule has 0 radical (unpaired) electrons. The fourth-order valence-corrected chi connectivity index (χ4v) is 1.88. The van der Waals surface area contributed by atoms with Gasteiger partial charge in [0.2, 0.25) is 0 Å². The van der Waals surface area contributed by atoms with Crippen molar-refractivity contribution in [3.8, 4) is 0 Å². The summed E-state index contributed by atoms with van der Waals surface area (Å²) >= 11 is 0.